The van der Waals surface area contributed by atoms with E-state index in [0.717, 1.165) is 73.4 Å². The van der Waals surface area contributed by atoms with Crippen LogP contribution in [0.1, 0.15) is 71.6 Å². The average molecular weight is 903 g/mol. The average Bonchev–Trinajstić information content (AvgIpc) is 3.71. The number of aromatic nitrogens is 2. The Labute approximate surface area is 408 Å². The van der Waals surface area contributed by atoms with Crippen LogP contribution in [0.15, 0.2) is 225 Å². The van der Waals surface area contributed by atoms with Crippen LogP contribution in [-0.2, 0) is 5.41 Å². The molecule has 2 heterocycles. The molecule has 5 heteroatoms. The SMILES string of the molecule is CC(C)(C)c1ccnc(-n2c3cc(Oc4cccc(Nc5ccccc5Nc5c(-c6ccccc6)cccc5-c5ccccc5)c4)ccc3c3cc4c(cc32)C2c3ccccc3C4c3ccccc32)c1. The fourth-order valence-electron chi connectivity index (χ4n) is 11.1. The normalized spacial score (nSPS) is 14.5. The van der Waals surface area contributed by atoms with Gasteiger partial charge in [0.2, 0.25) is 0 Å². The molecule has 14 rings (SSSR count). The molecule has 0 aliphatic heterocycles. The number of benzene rings is 9. The third-order valence-electron chi connectivity index (χ3n) is 14.4. The smallest absolute Gasteiger partial charge is 0.137 e. The molecule has 0 unspecified atom stereocenters. The number of hydrogen-bond acceptors (Lipinski definition) is 4. The second kappa shape index (κ2) is 16.5. The van der Waals surface area contributed by atoms with Gasteiger partial charge in [0.05, 0.1) is 28.1 Å². The molecule has 0 saturated heterocycles. The summed E-state index contributed by atoms with van der Waals surface area (Å²) in [5.41, 5.74) is 20.2. The molecule has 0 fully saturated rings. The van der Waals surface area contributed by atoms with Crippen molar-refractivity contribution in [2.45, 2.75) is 38.0 Å². The molecule has 2 N–H and O–H groups in total. The molecule has 70 heavy (non-hydrogen) atoms. The van der Waals surface area contributed by atoms with Gasteiger partial charge in [0.25, 0.3) is 0 Å². The molecular weight excluding hydrogens is 853 g/mol. The quantitative estimate of drug-likeness (QED) is 0.152. The van der Waals surface area contributed by atoms with Gasteiger partial charge in [0, 0.05) is 57.8 Å². The molecule has 3 aliphatic rings. The van der Waals surface area contributed by atoms with Crippen LogP contribution in [0.5, 0.6) is 11.5 Å². The predicted molar refractivity (Wildman–Crippen MR) is 289 cm³/mol. The Morgan fingerprint density at radius 3 is 1.61 bits per heavy atom. The molecule has 0 atom stereocenters. The highest BCUT2D eigenvalue weighted by Gasteiger charge is 2.41. The predicted octanol–water partition coefficient (Wildman–Crippen LogP) is 17.1. The van der Waals surface area contributed by atoms with E-state index >= 15 is 0 Å². The van der Waals surface area contributed by atoms with Crippen LogP contribution in [0.4, 0.5) is 22.7 Å². The Bertz CT molecular complexity index is 3700. The molecule has 11 aromatic rings. The van der Waals surface area contributed by atoms with Crippen LogP contribution < -0.4 is 15.4 Å². The van der Waals surface area contributed by atoms with Crippen LogP contribution in [0.2, 0.25) is 0 Å². The van der Waals surface area contributed by atoms with Gasteiger partial charge in [-0.2, -0.15) is 0 Å². The Balaban J connectivity index is 0.877. The first-order chi connectivity index (χ1) is 34.3. The maximum absolute atomic E-state index is 6.82. The second-order valence-corrected chi connectivity index (χ2v) is 19.7. The molecule has 9 aromatic carbocycles. The van der Waals surface area contributed by atoms with Crippen LogP contribution in [0.25, 0.3) is 49.9 Å². The van der Waals surface area contributed by atoms with Crippen molar-refractivity contribution in [3.05, 3.63) is 264 Å². The highest BCUT2D eigenvalue weighted by atomic mass is 16.5. The van der Waals surface area contributed by atoms with Crippen molar-refractivity contribution in [1.29, 1.82) is 0 Å². The topological polar surface area (TPSA) is 51.1 Å². The monoisotopic (exact) mass is 902 g/mol. The molecule has 336 valence electrons. The first-order valence-electron chi connectivity index (χ1n) is 24.3. The fourth-order valence-corrected chi connectivity index (χ4v) is 11.1. The minimum Gasteiger partial charge on any atom is -0.457 e. The van der Waals surface area contributed by atoms with E-state index in [0.29, 0.717) is 0 Å². The summed E-state index contributed by atoms with van der Waals surface area (Å²) in [6.45, 7) is 6.78. The molecule has 5 nitrogen and oxygen atoms in total. The first kappa shape index (κ1) is 41.5. The van der Waals surface area contributed by atoms with Gasteiger partial charge < -0.3 is 15.4 Å². The van der Waals surface area contributed by atoms with Crippen LogP contribution in [0.3, 0.4) is 0 Å². The zero-order chi connectivity index (χ0) is 46.9. The largest absolute Gasteiger partial charge is 0.457 e. The molecular formula is C65H50N4O. The van der Waals surface area contributed by atoms with E-state index in [2.05, 4.69) is 242 Å². The van der Waals surface area contributed by atoms with Gasteiger partial charge in [0.15, 0.2) is 0 Å². The van der Waals surface area contributed by atoms with Crippen molar-refractivity contribution >= 4 is 44.6 Å². The van der Waals surface area contributed by atoms with Gasteiger partial charge in [-0.1, -0.05) is 166 Å². The maximum atomic E-state index is 6.82. The van der Waals surface area contributed by atoms with E-state index < -0.39 is 0 Å². The summed E-state index contributed by atoms with van der Waals surface area (Å²) < 4.78 is 9.18. The molecule has 2 bridgehead atoms. The summed E-state index contributed by atoms with van der Waals surface area (Å²) in [7, 11) is 0. The molecule has 0 spiro atoms. The van der Waals surface area contributed by atoms with Crippen LogP contribution in [-0.4, -0.2) is 9.55 Å². The number of pyridine rings is 1. The number of nitrogens with one attached hydrogen (secondary N) is 2. The number of anilines is 4. The third-order valence-corrected chi connectivity index (χ3v) is 14.4. The van der Waals surface area contributed by atoms with Crippen molar-refractivity contribution in [2.75, 3.05) is 10.6 Å². The van der Waals surface area contributed by atoms with Crippen molar-refractivity contribution in [1.82, 2.24) is 9.55 Å². The number of nitrogens with zero attached hydrogens (tertiary/aromatic N) is 2. The number of para-hydroxylation sites is 3. The summed E-state index contributed by atoms with van der Waals surface area (Å²) >= 11 is 0. The number of rotatable bonds is 9. The summed E-state index contributed by atoms with van der Waals surface area (Å²) in [5.74, 6) is 2.72. The molecule has 0 radical (unpaired) electrons. The van der Waals surface area contributed by atoms with Crippen molar-refractivity contribution in [2.24, 2.45) is 0 Å². The number of hydrogen-bond donors (Lipinski definition) is 2. The van der Waals surface area contributed by atoms with E-state index in [1.54, 1.807) is 0 Å². The van der Waals surface area contributed by atoms with Gasteiger partial charge >= 0.3 is 0 Å². The zero-order valence-electron chi connectivity index (χ0n) is 39.3. The lowest BCUT2D eigenvalue weighted by atomic mass is 9.61. The van der Waals surface area contributed by atoms with Gasteiger partial charge in [0.1, 0.15) is 17.3 Å². The summed E-state index contributed by atoms with van der Waals surface area (Å²) in [6.07, 6.45) is 1.96. The lowest BCUT2D eigenvalue weighted by molar-refractivity contribution is 0.483. The molecule has 2 aromatic heterocycles. The zero-order valence-corrected chi connectivity index (χ0v) is 39.3. The van der Waals surface area contributed by atoms with E-state index in [1.807, 2.05) is 18.3 Å². The number of fused-ring (bicyclic) bond motifs is 3. The molecule has 0 saturated carbocycles. The van der Waals surface area contributed by atoms with E-state index in [1.165, 1.54) is 49.7 Å². The summed E-state index contributed by atoms with van der Waals surface area (Å²) in [5, 5.41) is 9.98. The fraction of sp³-hybridized carbons (Fsp3) is 0.0923. The lowest BCUT2D eigenvalue weighted by Gasteiger charge is -2.42. The minimum atomic E-state index is -0.0517. The molecule has 0 amide bonds. The third kappa shape index (κ3) is 7.04. The number of ether oxygens (including phenoxy) is 1. The maximum Gasteiger partial charge on any atom is 0.137 e. The highest BCUT2D eigenvalue weighted by Crippen LogP contribution is 2.57. The Kier molecular flexibility index (Phi) is 9.81. The van der Waals surface area contributed by atoms with Crippen molar-refractivity contribution in [3.63, 3.8) is 0 Å². The Hall–Kier alpha value is -8.67. The summed E-state index contributed by atoms with van der Waals surface area (Å²) in [4.78, 5) is 5.08. The van der Waals surface area contributed by atoms with Gasteiger partial charge in [-0.05, 0) is 116 Å². The van der Waals surface area contributed by atoms with Gasteiger partial charge in [-0.15, -0.1) is 0 Å². The first-order valence-corrected chi connectivity index (χ1v) is 24.3. The standard InChI is InChI=1S/C65H50N4O/c1-65(2,3)43-34-35-66-61(36-43)69-59-38-46(32-33-49(59)54-39-55-56(40-60(54)69)63-52-26-12-10-24-50(52)62(55)51-25-11-13-27-53(51)63)70-45-23-16-22-44(37-45)67-57-30-14-15-31-58(57)68-64-47(41-18-6-4-7-19-41)28-17-29-48(64)42-20-8-5-9-21-42/h4-40,62-63,67-68H,1-3H3. The highest BCUT2D eigenvalue weighted by molar-refractivity contribution is 6.10. The van der Waals surface area contributed by atoms with Crippen molar-refractivity contribution in [3.8, 4) is 39.6 Å². The van der Waals surface area contributed by atoms with E-state index in [-0.39, 0.29) is 17.3 Å². The lowest BCUT2D eigenvalue weighted by Crippen LogP contribution is -2.27. The van der Waals surface area contributed by atoms with E-state index in [9.17, 15) is 0 Å². The minimum absolute atomic E-state index is 0.0517. The van der Waals surface area contributed by atoms with Crippen molar-refractivity contribution < 1.29 is 4.74 Å². The second-order valence-electron chi connectivity index (χ2n) is 19.7. The summed E-state index contributed by atoms with van der Waals surface area (Å²) in [6, 6.07) is 78.2. The van der Waals surface area contributed by atoms with Gasteiger partial charge in [-0.3, -0.25) is 4.57 Å². The Morgan fingerprint density at radius 2 is 0.986 bits per heavy atom. The van der Waals surface area contributed by atoms with E-state index in [4.69, 9.17) is 9.72 Å². The van der Waals surface area contributed by atoms with Crippen LogP contribution in [0, 0.1) is 0 Å². The van der Waals surface area contributed by atoms with Gasteiger partial charge in [-0.25, -0.2) is 4.98 Å². The molecule has 3 aliphatic carbocycles. The Morgan fingerprint density at radius 1 is 0.443 bits per heavy atom. The van der Waals surface area contributed by atoms with Crippen LogP contribution >= 0.6 is 0 Å².